The number of nitrogens with zero attached hydrogens (tertiary/aromatic N) is 2. The maximum Gasteiger partial charge on any atom is 0.106 e. The van der Waals surface area contributed by atoms with E-state index in [-0.39, 0.29) is 0 Å². The van der Waals surface area contributed by atoms with Crippen LogP contribution in [-0.4, -0.2) is 10.3 Å². The van der Waals surface area contributed by atoms with Crippen LogP contribution < -0.4 is 0 Å². The van der Waals surface area contributed by atoms with Gasteiger partial charge >= 0.3 is 0 Å². The van der Waals surface area contributed by atoms with Crippen molar-refractivity contribution in [1.29, 1.82) is 0 Å². The van der Waals surface area contributed by atoms with Crippen LogP contribution in [0.1, 0.15) is 11.3 Å². The Morgan fingerprint density at radius 2 is 1.94 bits per heavy atom. The number of benzene rings is 1. The van der Waals surface area contributed by atoms with Crippen molar-refractivity contribution in [2.75, 3.05) is 0 Å². The highest BCUT2D eigenvalue weighted by Crippen LogP contribution is 2.38. The topological polar surface area (TPSA) is 17.3 Å². The highest BCUT2D eigenvalue weighted by molar-refractivity contribution is 7.71. The van der Waals surface area contributed by atoms with Crippen LogP contribution >= 0.6 is 12.2 Å². The maximum absolute atomic E-state index is 5.36. The molecule has 0 saturated heterocycles. The van der Waals surface area contributed by atoms with Gasteiger partial charge in [-0.15, -0.1) is 0 Å². The van der Waals surface area contributed by atoms with Gasteiger partial charge in [-0.3, -0.25) is 0 Å². The molecule has 0 aliphatic carbocycles. The van der Waals surface area contributed by atoms with Gasteiger partial charge in [0, 0.05) is 17.7 Å². The molecule has 2 aromatic rings. The highest BCUT2D eigenvalue weighted by atomic mass is 32.1. The third-order valence-electron chi connectivity index (χ3n) is 3.45. The molecule has 0 unspecified atom stereocenters. The van der Waals surface area contributed by atoms with E-state index >= 15 is 0 Å². The lowest BCUT2D eigenvalue weighted by molar-refractivity contribution is 0.786. The average Bonchev–Trinajstić information content (AvgIpc) is 2.78. The van der Waals surface area contributed by atoms with Crippen LogP contribution in [0.5, 0.6) is 0 Å². The minimum Gasteiger partial charge on any atom is -0.327 e. The molecule has 0 spiro atoms. The first-order valence-corrected chi connectivity index (χ1v) is 6.34. The van der Waals surface area contributed by atoms with E-state index in [2.05, 4.69) is 34.9 Å². The van der Waals surface area contributed by atoms with Crippen molar-refractivity contribution in [3.05, 3.63) is 64.4 Å². The zero-order chi connectivity index (χ0) is 12.1. The van der Waals surface area contributed by atoms with E-state index in [1.165, 1.54) is 11.1 Å². The molecule has 86 valence electrons. The van der Waals surface area contributed by atoms with Crippen LogP contribution in [0.2, 0.25) is 0 Å². The number of aromatic nitrogens is 1. The summed E-state index contributed by atoms with van der Waals surface area (Å²) in [5.41, 5.74) is 5.70. The summed E-state index contributed by atoms with van der Waals surface area (Å²) in [6.45, 7) is 0.831. The van der Waals surface area contributed by atoms with E-state index in [0.29, 0.717) is 0 Å². The second-order valence-corrected chi connectivity index (χ2v) is 4.87. The van der Waals surface area contributed by atoms with Crippen molar-refractivity contribution >= 4 is 29.2 Å². The van der Waals surface area contributed by atoms with Gasteiger partial charge in [0.15, 0.2) is 0 Å². The third-order valence-corrected chi connectivity index (χ3v) is 3.81. The summed E-state index contributed by atoms with van der Waals surface area (Å²) in [5.74, 6) is 0. The minimum absolute atomic E-state index is 0.831. The maximum atomic E-state index is 5.36. The van der Waals surface area contributed by atoms with E-state index in [9.17, 15) is 0 Å². The van der Waals surface area contributed by atoms with Crippen LogP contribution in [0.25, 0.3) is 5.57 Å². The molecule has 3 heterocycles. The zero-order valence-corrected chi connectivity index (χ0v) is 10.4. The van der Waals surface area contributed by atoms with E-state index in [4.69, 9.17) is 17.2 Å². The van der Waals surface area contributed by atoms with Crippen LogP contribution in [0.3, 0.4) is 0 Å². The SMILES string of the molecule is S=c1cccc2n1CC=C1C2=Nc2ccccc21. The van der Waals surface area contributed by atoms with Crippen LogP contribution in [0, 0.1) is 4.64 Å². The third kappa shape index (κ3) is 1.22. The highest BCUT2D eigenvalue weighted by Gasteiger charge is 2.25. The smallest absolute Gasteiger partial charge is 0.106 e. The van der Waals surface area contributed by atoms with Gasteiger partial charge in [0.2, 0.25) is 0 Å². The van der Waals surface area contributed by atoms with Crippen molar-refractivity contribution in [1.82, 2.24) is 4.57 Å². The Kier molecular flexibility index (Phi) is 1.94. The molecule has 2 aliphatic heterocycles. The first-order valence-electron chi connectivity index (χ1n) is 5.93. The molecule has 4 rings (SSSR count). The summed E-state index contributed by atoms with van der Waals surface area (Å²) >= 11 is 5.36. The van der Waals surface area contributed by atoms with Crippen molar-refractivity contribution in [3.63, 3.8) is 0 Å². The Morgan fingerprint density at radius 1 is 1.06 bits per heavy atom. The molecule has 0 radical (unpaired) electrons. The van der Waals surface area contributed by atoms with Crippen molar-refractivity contribution in [2.45, 2.75) is 6.54 Å². The van der Waals surface area contributed by atoms with Crippen LogP contribution in [0.15, 0.2) is 53.5 Å². The molecule has 0 atom stereocenters. The molecule has 0 bridgehead atoms. The number of rotatable bonds is 0. The first-order chi connectivity index (χ1) is 8.84. The quantitative estimate of drug-likeness (QED) is 0.651. The second kappa shape index (κ2) is 3.50. The molecule has 3 heteroatoms. The molecule has 0 fully saturated rings. The molecule has 1 aromatic heterocycles. The van der Waals surface area contributed by atoms with Crippen LogP contribution in [0.4, 0.5) is 5.69 Å². The fourth-order valence-corrected chi connectivity index (χ4v) is 2.86. The zero-order valence-electron chi connectivity index (χ0n) is 9.63. The molecule has 0 N–H and O–H groups in total. The van der Waals surface area contributed by atoms with E-state index in [0.717, 1.165) is 28.3 Å². The fourth-order valence-electron chi connectivity index (χ4n) is 2.61. The number of allylic oxidation sites excluding steroid dienone is 2. The number of hydrogen-bond donors (Lipinski definition) is 0. The van der Waals surface area contributed by atoms with E-state index in [1.807, 2.05) is 18.2 Å². The summed E-state index contributed by atoms with van der Waals surface area (Å²) in [6, 6.07) is 14.3. The van der Waals surface area contributed by atoms with Crippen molar-refractivity contribution in [3.8, 4) is 0 Å². The van der Waals surface area contributed by atoms with Crippen LogP contribution in [-0.2, 0) is 6.54 Å². The predicted octanol–water partition coefficient (Wildman–Crippen LogP) is 3.75. The van der Waals surface area contributed by atoms with E-state index < -0.39 is 0 Å². The standard InChI is InChI=1S/C15H10N2S/c18-14-7-3-6-13-15-11(8-9-17(13)14)10-4-1-2-5-12(10)16-15/h1-8H,9H2. The monoisotopic (exact) mass is 250 g/mol. The Hall–Kier alpha value is -2.00. The van der Waals surface area contributed by atoms with Crippen molar-refractivity contribution < 1.29 is 0 Å². The van der Waals surface area contributed by atoms with Crippen molar-refractivity contribution in [2.24, 2.45) is 4.99 Å². The van der Waals surface area contributed by atoms with Gasteiger partial charge in [-0.2, -0.15) is 0 Å². The number of pyridine rings is 1. The lowest BCUT2D eigenvalue weighted by Crippen LogP contribution is -2.17. The first kappa shape index (κ1) is 9.97. The number of hydrogen-bond acceptors (Lipinski definition) is 2. The number of para-hydroxylation sites is 1. The largest absolute Gasteiger partial charge is 0.327 e. The van der Waals surface area contributed by atoms with Gasteiger partial charge in [0.25, 0.3) is 0 Å². The summed E-state index contributed by atoms with van der Waals surface area (Å²) in [4.78, 5) is 4.74. The summed E-state index contributed by atoms with van der Waals surface area (Å²) in [6.07, 6.45) is 2.22. The van der Waals surface area contributed by atoms with Gasteiger partial charge in [-0.05, 0) is 18.2 Å². The molecule has 2 aliphatic rings. The normalized spacial score (nSPS) is 15.3. The summed E-state index contributed by atoms with van der Waals surface area (Å²) in [7, 11) is 0. The fraction of sp³-hybridized carbons (Fsp3) is 0.0667. The Bertz CT molecular complexity index is 781. The lowest BCUT2D eigenvalue weighted by atomic mass is 9.98. The molecule has 18 heavy (non-hydrogen) atoms. The van der Waals surface area contributed by atoms with Gasteiger partial charge in [-0.1, -0.05) is 42.6 Å². The Labute approximate surface area is 110 Å². The Morgan fingerprint density at radius 3 is 2.89 bits per heavy atom. The second-order valence-electron chi connectivity index (χ2n) is 4.46. The van der Waals surface area contributed by atoms with Gasteiger partial charge in [0.05, 0.1) is 17.1 Å². The molecular formula is C15H10N2S. The lowest BCUT2D eigenvalue weighted by Gasteiger charge is -2.18. The van der Waals surface area contributed by atoms with Gasteiger partial charge in [0.1, 0.15) is 4.64 Å². The summed E-state index contributed by atoms with van der Waals surface area (Å²) in [5, 5.41) is 0. The molecule has 0 saturated carbocycles. The van der Waals surface area contributed by atoms with Gasteiger partial charge in [-0.25, -0.2) is 4.99 Å². The minimum atomic E-state index is 0.831. The molecule has 0 amide bonds. The number of aliphatic imine (C=N–C) groups is 1. The average molecular weight is 250 g/mol. The molecular weight excluding hydrogens is 240 g/mol. The predicted molar refractivity (Wildman–Crippen MR) is 75.9 cm³/mol. The molecule has 1 aromatic carbocycles. The summed E-state index contributed by atoms with van der Waals surface area (Å²) < 4.78 is 2.99. The Balaban J connectivity index is 2.02. The van der Waals surface area contributed by atoms with Gasteiger partial charge < -0.3 is 4.57 Å². The van der Waals surface area contributed by atoms with E-state index in [1.54, 1.807) is 0 Å². The number of fused-ring (bicyclic) bond motifs is 5. The molecule has 2 nitrogen and oxygen atoms in total.